The SMILES string of the molecule is COc1ccc2c(Oc3ccc(OCCN4CCCCC4)cc3)c(-c3ccc(C)s3)ccc2c1.COc1ccc2c(Oc3ccc(OCCN4CCCCC4)cc3)c(-c3cccs3)ccc2c1. The van der Waals surface area contributed by atoms with Gasteiger partial charge in [-0.15, -0.1) is 22.7 Å². The van der Waals surface area contributed by atoms with E-state index < -0.39 is 0 Å². The second kappa shape index (κ2) is 22.6. The highest BCUT2D eigenvalue weighted by Gasteiger charge is 2.17. The van der Waals surface area contributed by atoms with Gasteiger partial charge in [-0.25, -0.2) is 0 Å². The molecule has 2 aliphatic heterocycles. The van der Waals surface area contributed by atoms with Crippen molar-refractivity contribution in [2.24, 2.45) is 0 Å². The average Bonchev–Trinajstić information content (AvgIpc) is 4.08. The molecule has 2 aromatic heterocycles. The second-order valence-electron chi connectivity index (χ2n) is 17.1. The Bertz CT molecular complexity index is 2810. The fourth-order valence-electron chi connectivity index (χ4n) is 8.83. The molecule has 2 aliphatic rings. The summed E-state index contributed by atoms with van der Waals surface area (Å²) in [6.45, 7) is 10.3. The number of aryl methyl sites for hydroxylation is 1. The van der Waals surface area contributed by atoms with Gasteiger partial charge in [0.25, 0.3) is 0 Å². The van der Waals surface area contributed by atoms with Gasteiger partial charge in [-0.3, -0.25) is 9.80 Å². The Hall–Kier alpha value is -6.04. The zero-order valence-corrected chi connectivity index (χ0v) is 40.5. The van der Waals surface area contributed by atoms with E-state index in [4.69, 9.17) is 28.4 Å². The first-order valence-electron chi connectivity index (χ1n) is 23.6. The smallest absolute Gasteiger partial charge is 0.143 e. The van der Waals surface area contributed by atoms with Crippen LogP contribution in [0.3, 0.4) is 0 Å². The van der Waals surface area contributed by atoms with Crippen LogP contribution in [0.15, 0.2) is 139 Å². The predicted octanol–water partition coefficient (Wildman–Crippen LogP) is 14.8. The number of ether oxygens (including phenoxy) is 6. The van der Waals surface area contributed by atoms with Crippen LogP contribution in [0.25, 0.3) is 42.4 Å². The van der Waals surface area contributed by atoms with Crippen molar-refractivity contribution in [1.29, 1.82) is 0 Å². The van der Waals surface area contributed by atoms with Crippen molar-refractivity contribution in [1.82, 2.24) is 9.80 Å². The van der Waals surface area contributed by atoms with Gasteiger partial charge in [0.2, 0.25) is 0 Å². The van der Waals surface area contributed by atoms with Crippen LogP contribution in [0.2, 0.25) is 0 Å². The lowest BCUT2D eigenvalue weighted by Gasteiger charge is -2.26. The molecule has 0 unspecified atom stereocenters. The zero-order chi connectivity index (χ0) is 45.8. The maximum absolute atomic E-state index is 6.52. The number of piperidine rings is 2. The fourth-order valence-corrected chi connectivity index (χ4v) is 10.5. The number of thiophene rings is 2. The molecule has 0 bridgehead atoms. The fraction of sp³-hybridized carbons (Fsp3) is 0.298. The molecule has 10 rings (SSSR count). The summed E-state index contributed by atoms with van der Waals surface area (Å²) in [5, 5.41) is 6.38. The number of likely N-dealkylation sites (tertiary alicyclic amines) is 2. The Morgan fingerprint density at radius 1 is 0.463 bits per heavy atom. The molecule has 4 heterocycles. The minimum Gasteiger partial charge on any atom is -0.497 e. The van der Waals surface area contributed by atoms with Crippen LogP contribution in [0, 0.1) is 6.92 Å². The minimum atomic E-state index is 0.716. The van der Waals surface area contributed by atoms with Gasteiger partial charge in [0.15, 0.2) is 0 Å². The molecular formula is C57H60N2O6S2. The molecule has 0 amide bonds. The van der Waals surface area contributed by atoms with E-state index in [1.807, 2.05) is 72.8 Å². The van der Waals surface area contributed by atoms with Crippen molar-refractivity contribution in [2.45, 2.75) is 45.4 Å². The summed E-state index contributed by atoms with van der Waals surface area (Å²) >= 11 is 3.49. The minimum absolute atomic E-state index is 0.716. The first-order valence-corrected chi connectivity index (χ1v) is 25.3. The monoisotopic (exact) mass is 932 g/mol. The van der Waals surface area contributed by atoms with E-state index in [2.05, 4.69) is 82.8 Å². The number of benzene rings is 6. The molecule has 6 aromatic carbocycles. The molecule has 0 saturated carbocycles. The summed E-state index contributed by atoms with van der Waals surface area (Å²) in [7, 11) is 3.38. The third-order valence-electron chi connectivity index (χ3n) is 12.5. The zero-order valence-electron chi connectivity index (χ0n) is 38.8. The molecule has 0 atom stereocenters. The van der Waals surface area contributed by atoms with E-state index >= 15 is 0 Å². The summed E-state index contributed by atoms with van der Waals surface area (Å²) in [5.41, 5.74) is 2.18. The van der Waals surface area contributed by atoms with Crippen LogP contribution in [-0.4, -0.2) is 76.5 Å². The Balaban J connectivity index is 0.000000168. The second-order valence-corrected chi connectivity index (χ2v) is 19.3. The van der Waals surface area contributed by atoms with Crippen molar-refractivity contribution < 1.29 is 28.4 Å². The van der Waals surface area contributed by atoms with E-state index in [0.29, 0.717) is 13.2 Å². The molecule has 10 heteroatoms. The molecule has 8 aromatic rings. The Labute approximate surface area is 403 Å². The van der Waals surface area contributed by atoms with E-state index in [1.165, 1.54) is 79.3 Å². The van der Waals surface area contributed by atoms with Gasteiger partial charge in [-0.05, 0) is 190 Å². The lowest BCUT2D eigenvalue weighted by molar-refractivity contribution is 0.183. The number of methoxy groups -OCH3 is 2. The largest absolute Gasteiger partial charge is 0.497 e. The highest BCUT2D eigenvalue weighted by Crippen LogP contribution is 2.44. The van der Waals surface area contributed by atoms with Gasteiger partial charge in [0, 0.05) is 49.6 Å². The molecule has 67 heavy (non-hydrogen) atoms. The van der Waals surface area contributed by atoms with Gasteiger partial charge in [-0.1, -0.05) is 31.0 Å². The first kappa shape index (κ1) is 46.1. The van der Waals surface area contributed by atoms with Crippen LogP contribution < -0.4 is 28.4 Å². The van der Waals surface area contributed by atoms with Gasteiger partial charge >= 0.3 is 0 Å². The molecule has 2 saturated heterocycles. The third kappa shape index (κ3) is 11.9. The van der Waals surface area contributed by atoms with Gasteiger partial charge in [0.1, 0.15) is 59.2 Å². The molecule has 346 valence electrons. The van der Waals surface area contributed by atoms with Crippen molar-refractivity contribution in [2.75, 3.05) is 66.7 Å². The van der Waals surface area contributed by atoms with Gasteiger partial charge in [-0.2, -0.15) is 0 Å². The summed E-state index contributed by atoms with van der Waals surface area (Å²) in [4.78, 5) is 8.64. The summed E-state index contributed by atoms with van der Waals surface area (Å²) < 4.78 is 35.8. The van der Waals surface area contributed by atoms with Crippen molar-refractivity contribution in [3.05, 3.63) is 144 Å². The van der Waals surface area contributed by atoms with E-state index in [-0.39, 0.29) is 0 Å². The van der Waals surface area contributed by atoms with E-state index in [1.54, 1.807) is 36.9 Å². The molecule has 0 N–H and O–H groups in total. The topological polar surface area (TPSA) is 61.9 Å². The van der Waals surface area contributed by atoms with Crippen LogP contribution in [-0.2, 0) is 0 Å². The van der Waals surface area contributed by atoms with Gasteiger partial charge in [0.05, 0.1) is 14.2 Å². The van der Waals surface area contributed by atoms with Crippen LogP contribution in [0.5, 0.6) is 46.0 Å². The summed E-state index contributed by atoms with van der Waals surface area (Å²) in [6.07, 6.45) is 7.94. The number of nitrogens with zero attached hydrogens (tertiary/aromatic N) is 2. The van der Waals surface area contributed by atoms with Crippen molar-refractivity contribution >= 4 is 44.2 Å². The molecule has 0 radical (unpaired) electrons. The Morgan fingerprint density at radius 2 is 0.925 bits per heavy atom. The van der Waals surface area contributed by atoms with Crippen LogP contribution >= 0.6 is 22.7 Å². The van der Waals surface area contributed by atoms with Gasteiger partial charge < -0.3 is 28.4 Å². The maximum Gasteiger partial charge on any atom is 0.143 e. The molecule has 8 nitrogen and oxygen atoms in total. The third-order valence-corrected chi connectivity index (χ3v) is 14.4. The number of fused-ring (bicyclic) bond motifs is 2. The van der Waals surface area contributed by atoms with E-state index in [9.17, 15) is 0 Å². The van der Waals surface area contributed by atoms with Crippen LogP contribution in [0.4, 0.5) is 0 Å². The Morgan fingerprint density at radius 3 is 1.36 bits per heavy atom. The molecule has 0 aliphatic carbocycles. The summed E-state index contributed by atoms with van der Waals surface area (Å²) in [5.74, 6) is 6.73. The lowest BCUT2D eigenvalue weighted by Crippen LogP contribution is -2.33. The van der Waals surface area contributed by atoms with Crippen molar-refractivity contribution in [3.8, 4) is 66.9 Å². The standard InChI is InChI=1S/C29H31NO3S.C28H29NO3S/c1-21-6-15-28(34-21)27-13-7-22-20-25(31-2)12-14-26(22)29(27)33-24-10-8-23(9-11-24)32-19-18-30-16-4-3-5-17-30;1-30-24-12-14-25-21(20-24)7-13-26(27-6-5-19-33-27)28(25)32-23-10-8-22(9-11-23)31-18-17-29-15-3-2-4-16-29/h6-15,20H,3-5,16-19H2,1-2H3;5-14,19-20H,2-4,15-18H2,1H3. The molecule has 2 fully saturated rings. The number of hydrogen-bond donors (Lipinski definition) is 0. The van der Waals surface area contributed by atoms with Crippen LogP contribution in [0.1, 0.15) is 43.4 Å². The lowest BCUT2D eigenvalue weighted by atomic mass is 10.0. The number of hydrogen-bond acceptors (Lipinski definition) is 10. The normalized spacial score (nSPS) is 14.3. The van der Waals surface area contributed by atoms with E-state index in [0.717, 1.165) is 91.8 Å². The number of rotatable bonds is 16. The first-order chi connectivity index (χ1) is 33.0. The summed E-state index contributed by atoms with van der Waals surface area (Å²) in [6, 6.07) is 45.1. The predicted molar refractivity (Wildman–Crippen MR) is 277 cm³/mol. The average molecular weight is 933 g/mol. The van der Waals surface area contributed by atoms with Crippen molar-refractivity contribution in [3.63, 3.8) is 0 Å². The Kier molecular flexibility index (Phi) is 15.6. The molecular weight excluding hydrogens is 873 g/mol. The quantitative estimate of drug-likeness (QED) is 0.0950. The maximum atomic E-state index is 6.52. The highest BCUT2D eigenvalue weighted by molar-refractivity contribution is 7.15. The highest BCUT2D eigenvalue weighted by atomic mass is 32.1. The molecule has 0 spiro atoms.